The van der Waals surface area contributed by atoms with Gasteiger partial charge in [-0.1, -0.05) is 61.4 Å². The number of alkyl carbamates (subject to hydrolysis) is 1. The Morgan fingerprint density at radius 1 is 1.00 bits per heavy atom. The van der Waals surface area contributed by atoms with Crippen molar-refractivity contribution in [1.82, 2.24) is 10.6 Å². The molecule has 4 rings (SSSR count). The van der Waals surface area contributed by atoms with Gasteiger partial charge in [-0.05, 0) is 35.1 Å². The van der Waals surface area contributed by atoms with Crippen LogP contribution < -0.4 is 10.6 Å². The first kappa shape index (κ1) is 24.7. The Hall–Kier alpha value is -3.39. The van der Waals surface area contributed by atoms with Gasteiger partial charge in [-0.15, -0.1) is 0 Å². The lowest BCUT2D eigenvalue weighted by molar-refractivity contribution is -0.140. The molecule has 8 heteroatoms. The van der Waals surface area contributed by atoms with Crippen molar-refractivity contribution in [1.29, 1.82) is 0 Å². The zero-order valence-electron chi connectivity index (χ0n) is 19.9. The van der Waals surface area contributed by atoms with Crippen LogP contribution in [0.1, 0.15) is 49.1 Å². The van der Waals surface area contributed by atoms with E-state index >= 15 is 0 Å². The molecule has 0 spiro atoms. The zero-order valence-corrected chi connectivity index (χ0v) is 19.9. The summed E-state index contributed by atoms with van der Waals surface area (Å²) in [4.78, 5) is 36.6. The van der Waals surface area contributed by atoms with Gasteiger partial charge in [-0.3, -0.25) is 9.59 Å². The number of carboxylic acid groups (broad SMARTS) is 1. The van der Waals surface area contributed by atoms with E-state index in [9.17, 15) is 14.4 Å². The SMILES string of the molecule is COC(CNC(=O)C1(CNC(=O)OCC2c3ccccc3-c3ccccc32)CCCC1)CC(=O)O. The molecule has 1 fully saturated rings. The Kier molecular flexibility index (Phi) is 7.70. The highest BCUT2D eigenvalue weighted by Crippen LogP contribution is 2.44. The molecule has 2 amide bonds. The van der Waals surface area contributed by atoms with Gasteiger partial charge in [0, 0.05) is 26.1 Å². The van der Waals surface area contributed by atoms with Gasteiger partial charge in [0.15, 0.2) is 0 Å². The van der Waals surface area contributed by atoms with Crippen LogP contribution in [-0.2, 0) is 19.1 Å². The summed E-state index contributed by atoms with van der Waals surface area (Å²) in [6.07, 6.45) is 1.74. The van der Waals surface area contributed by atoms with Crippen LogP contribution in [0, 0.1) is 5.41 Å². The zero-order chi connectivity index (χ0) is 24.8. The largest absolute Gasteiger partial charge is 0.481 e. The van der Waals surface area contributed by atoms with Gasteiger partial charge in [0.05, 0.1) is 17.9 Å². The molecule has 1 unspecified atom stereocenters. The molecule has 35 heavy (non-hydrogen) atoms. The fraction of sp³-hybridized carbons (Fsp3) is 0.444. The molecule has 0 aromatic heterocycles. The smallest absolute Gasteiger partial charge is 0.407 e. The topological polar surface area (TPSA) is 114 Å². The molecule has 0 heterocycles. The summed E-state index contributed by atoms with van der Waals surface area (Å²) in [5.74, 6) is -1.21. The Morgan fingerprint density at radius 2 is 1.60 bits per heavy atom. The quantitative estimate of drug-likeness (QED) is 0.478. The molecule has 1 saturated carbocycles. The van der Waals surface area contributed by atoms with Gasteiger partial charge in [0.25, 0.3) is 0 Å². The van der Waals surface area contributed by atoms with Crippen molar-refractivity contribution in [3.8, 4) is 11.1 Å². The van der Waals surface area contributed by atoms with Crippen LogP contribution in [0.2, 0.25) is 0 Å². The van der Waals surface area contributed by atoms with Gasteiger partial charge >= 0.3 is 12.1 Å². The fourth-order valence-corrected chi connectivity index (χ4v) is 5.25. The highest BCUT2D eigenvalue weighted by molar-refractivity contribution is 5.84. The second-order valence-corrected chi connectivity index (χ2v) is 9.33. The van der Waals surface area contributed by atoms with Crippen LogP contribution in [0.5, 0.6) is 0 Å². The van der Waals surface area contributed by atoms with E-state index < -0.39 is 23.6 Å². The first-order chi connectivity index (χ1) is 16.9. The molecule has 2 aliphatic carbocycles. The van der Waals surface area contributed by atoms with E-state index in [1.807, 2.05) is 24.3 Å². The molecule has 0 bridgehead atoms. The van der Waals surface area contributed by atoms with Gasteiger partial charge < -0.3 is 25.2 Å². The van der Waals surface area contributed by atoms with E-state index in [2.05, 4.69) is 34.9 Å². The predicted octanol–water partition coefficient (Wildman–Crippen LogP) is 3.69. The lowest BCUT2D eigenvalue weighted by Gasteiger charge is -2.28. The number of aliphatic carboxylic acids is 1. The van der Waals surface area contributed by atoms with Gasteiger partial charge in [-0.2, -0.15) is 0 Å². The molecule has 2 aliphatic rings. The number of amides is 2. The number of rotatable bonds is 10. The molecule has 186 valence electrons. The third kappa shape index (κ3) is 5.48. The lowest BCUT2D eigenvalue weighted by atomic mass is 9.85. The number of fused-ring (bicyclic) bond motifs is 3. The number of ether oxygens (including phenoxy) is 2. The first-order valence-corrected chi connectivity index (χ1v) is 12.1. The summed E-state index contributed by atoms with van der Waals surface area (Å²) in [5.41, 5.74) is 3.88. The molecule has 0 aliphatic heterocycles. The molecular weight excluding hydrogens is 448 g/mol. The minimum absolute atomic E-state index is 0.0305. The minimum Gasteiger partial charge on any atom is -0.481 e. The summed E-state index contributed by atoms with van der Waals surface area (Å²) in [5, 5.41) is 14.6. The van der Waals surface area contributed by atoms with E-state index in [0.29, 0.717) is 12.8 Å². The average Bonchev–Trinajstić information content (AvgIpc) is 3.47. The summed E-state index contributed by atoms with van der Waals surface area (Å²) >= 11 is 0. The Labute approximate surface area is 205 Å². The average molecular weight is 481 g/mol. The summed E-state index contributed by atoms with van der Waals surface area (Å²) in [6.45, 7) is 0.490. The maximum Gasteiger partial charge on any atom is 0.407 e. The van der Waals surface area contributed by atoms with Crippen LogP contribution in [0.3, 0.4) is 0 Å². The number of carboxylic acids is 1. The summed E-state index contributed by atoms with van der Waals surface area (Å²) < 4.78 is 10.8. The number of hydrogen-bond donors (Lipinski definition) is 3. The van der Waals surface area contributed by atoms with E-state index in [4.69, 9.17) is 14.6 Å². The maximum atomic E-state index is 13.0. The van der Waals surface area contributed by atoms with Crippen molar-refractivity contribution in [2.24, 2.45) is 5.41 Å². The van der Waals surface area contributed by atoms with Crippen LogP contribution in [0.4, 0.5) is 4.79 Å². The van der Waals surface area contributed by atoms with Crippen LogP contribution >= 0.6 is 0 Å². The van der Waals surface area contributed by atoms with E-state index in [1.165, 1.54) is 7.11 Å². The maximum absolute atomic E-state index is 13.0. The lowest BCUT2D eigenvalue weighted by Crippen LogP contribution is -2.49. The molecular formula is C27H32N2O6. The molecule has 2 aromatic carbocycles. The minimum atomic E-state index is -0.987. The van der Waals surface area contributed by atoms with Crippen molar-refractivity contribution in [3.05, 3.63) is 59.7 Å². The number of carbonyl (C=O) groups is 3. The highest BCUT2D eigenvalue weighted by Gasteiger charge is 2.41. The van der Waals surface area contributed by atoms with Crippen LogP contribution in [0.25, 0.3) is 11.1 Å². The Bertz CT molecular complexity index is 1030. The number of benzene rings is 2. The molecule has 1 atom stereocenters. The highest BCUT2D eigenvalue weighted by atomic mass is 16.5. The first-order valence-electron chi connectivity index (χ1n) is 12.1. The van der Waals surface area contributed by atoms with Gasteiger partial charge in [-0.25, -0.2) is 4.79 Å². The van der Waals surface area contributed by atoms with E-state index in [1.54, 1.807) is 0 Å². The fourth-order valence-electron chi connectivity index (χ4n) is 5.25. The third-order valence-corrected chi connectivity index (χ3v) is 7.18. The standard InChI is InChI=1S/C27H32N2O6/c1-34-18(14-24(30)31)15-28-25(32)27(12-6-7-13-27)17-29-26(33)35-16-23-21-10-4-2-8-19(21)20-9-3-5-11-22(20)23/h2-5,8-11,18,23H,6-7,12-17H2,1H3,(H,28,32)(H,29,33)(H,30,31). The Morgan fingerprint density at radius 3 is 2.17 bits per heavy atom. The second-order valence-electron chi connectivity index (χ2n) is 9.33. The van der Waals surface area contributed by atoms with E-state index in [-0.39, 0.29) is 37.9 Å². The number of methoxy groups -OCH3 is 1. The van der Waals surface area contributed by atoms with Crippen LogP contribution in [-0.4, -0.2) is 56.0 Å². The van der Waals surface area contributed by atoms with Crippen molar-refractivity contribution >= 4 is 18.0 Å². The monoisotopic (exact) mass is 480 g/mol. The second kappa shape index (κ2) is 10.9. The van der Waals surface area contributed by atoms with Crippen molar-refractivity contribution in [3.63, 3.8) is 0 Å². The molecule has 8 nitrogen and oxygen atoms in total. The molecule has 0 radical (unpaired) electrons. The van der Waals surface area contributed by atoms with Crippen molar-refractivity contribution < 1.29 is 29.0 Å². The number of hydrogen-bond acceptors (Lipinski definition) is 5. The van der Waals surface area contributed by atoms with Crippen LogP contribution in [0.15, 0.2) is 48.5 Å². The third-order valence-electron chi connectivity index (χ3n) is 7.18. The van der Waals surface area contributed by atoms with E-state index in [0.717, 1.165) is 35.1 Å². The number of nitrogens with one attached hydrogen (secondary N) is 2. The van der Waals surface area contributed by atoms with Crippen molar-refractivity contribution in [2.75, 3.05) is 26.8 Å². The van der Waals surface area contributed by atoms with Gasteiger partial charge in [0.2, 0.25) is 5.91 Å². The molecule has 0 saturated heterocycles. The normalized spacial score (nSPS) is 16.7. The summed E-state index contributed by atoms with van der Waals surface area (Å²) in [6, 6.07) is 16.3. The van der Waals surface area contributed by atoms with Crippen molar-refractivity contribution in [2.45, 2.75) is 44.1 Å². The summed E-state index contributed by atoms with van der Waals surface area (Å²) in [7, 11) is 1.42. The molecule has 2 aromatic rings. The molecule has 3 N–H and O–H groups in total. The van der Waals surface area contributed by atoms with Gasteiger partial charge in [0.1, 0.15) is 6.61 Å². The Balaban J connectivity index is 1.33. The number of carbonyl (C=O) groups excluding carboxylic acids is 2. The predicted molar refractivity (Wildman–Crippen MR) is 130 cm³/mol.